The van der Waals surface area contributed by atoms with Crippen molar-refractivity contribution in [3.8, 4) is 0 Å². The highest BCUT2D eigenvalue weighted by Gasteiger charge is 2.53. The maximum Gasteiger partial charge on any atom is 0.192 e. The Morgan fingerprint density at radius 1 is 0.905 bits per heavy atom. The molecule has 0 bridgehead atoms. The van der Waals surface area contributed by atoms with E-state index in [1.165, 1.54) is 37.7 Å². The first kappa shape index (κ1) is 35.5. The standard InChI is InChI=1S/C37H64O3Si2/c1-27-29(19-18-28-17-15-23-37(10)31(28)20-21-33(37)36(8,9)22-16-24-38)25-30(39-41(11,12)34(2,3)4)26-32(27)40-42(13,14)35(5,6)7/h16,18-19,22,24,30-33H,1,15,17,20-21,23,25-26H2,2-14H3/t30-,31+,32+,33-,37+/m1/s1. The fourth-order valence-corrected chi connectivity index (χ4v) is 10.3. The van der Waals surface area contributed by atoms with Gasteiger partial charge in [-0.2, -0.15) is 0 Å². The Bertz CT molecular complexity index is 1100. The van der Waals surface area contributed by atoms with Crippen molar-refractivity contribution in [1.29, 1.82) is 0 Å². The first-order valence-electron chi connectivity index (χ1n) is 16.6. The zero-order valence-corrected chi connectivity index (χ0v) is 31.6. The molecular formula is C37H64O3Si2. The molecule has 0 amide bonds. The molecule has 0 aromatic rings. The molecule has 0 saturated heterocycles. The summed E-state index contributed by atoms with van der Waals surface area (Å²) in [6.45, 7) is 35.2. The molecule has 5 atom stereocenters. The van der Waals surface area contributed by atoms with Crippen LogP contribution in [0.25, 0.3) is 0 Å². The zero-order valence-electron chi connectivity index (χ0n) is 29.6. The molecule has 0 radical (unpaired) electrons. The van der Waals surface area contributed by atoms with Crippen molar-refractivity contribution in [1.82, 2.24) is 0 Å². The van der Waals surface area contributed by atoms with Gasteiger partial charge >= 0.3 is 0 Å². The highest BCUT2D eigenvalue weighted by molar-refractivity contribution is 6.74. The van der Waals surface area contributed by atoms with E-state index >= 15 is 0 Å². The minimum Gasteiger partial charge on any atom is -0.413 e. The van der Waals surface area contributed by atoms with Crippen molar-refractivity contribution >= 4 is 22.9 Å². The van der Waals surface area contributed by atoms with Gasteiger partial charge in [-0.3, -0.25) is 4.79 Å². The van der Waals surface area contributed by atoms with Gasteiger partial charge < -0.3 is 8.85 Å². The minimum absolute atomic E-state index is 0.0111. The summed E-state index contributed by atoms with van der Waals surface area (Å²) < 4.78 is 14.1. The number of hydrogen-bond acceptors (Lipinski definition) is 3. The number of carbonyl (C=O) groups is 1. The molecular weight excluding hydrogens is 549 g/mol. The molecule has 3 saturated carbocycles. The van der Waals surface area contributed by atoms with Crippen LogP contribution in [0.4, 0.5) is 0 Å². The molecule has 0 aromatic heterocycles. The summed E-state index contributed by atoms with van der Waals surface area (Å²) >= 11 is 0. The third kappa shape index (κ3) is 7.43. The lowest BCUT2D eigenvalue weighted by Gasteiger charge is -2.47. The highest BCUT2D eigenvalue weighted by atomic mass is 28.4. The molecule has 0 spiro atoms. The van der Waals surface area contributed by atoms with E-state index in [-0.39, 0.29) is 33.1 Å². The molecule has 0 unspecified atom stereocenters. The predicted octanol–water partition coefficient (Wildman–Crippen LogP) is 11.0. The first-order chi connectivity index (χ1) is 19.1. The Morgan fingerprint density at radius 2 is 1.50 bits per heavy atom. The number of fused-ring (bicyclic) bond motifs is 1. The molecule has 0 aromatic carbocycles. The van der Waals surface area contributed by atoms with E-state index in [9.17, 15) is 4.79 Å². The summed E-state index contributed by atoms with van der Waals surface area (Å²) in [5.74, 6) is 1.18. The van der Waals surface area contributed by atoms with Crippen molar-refractivity contribution in [2.24, 2.45) is 22.7 Å². The average molecular weight is 613 g/mol. The van der Waals surface area contributed by atoms with Crippen LogP contribution >= 0.6 is 0 Å². The minimum atomic E-state index is -1.98. The summed E-state index contributed by atoms with van der Waals surface area (Å²) in [6, 6.07) is 0. The third-order valence-electron chi connectivity index (χ3n) is 12.2. The molecule has 5 heteroatoms. The molecule has 3 aliphatic carbocycles. The van der Waals surface area contributed by atoms with Crippen LogP contribution in [0.5, 0.6) is 0 Å². The summed E-state index contributed by atoms with van der Waals surface area (Å²) in [5, 5.41) is 0.315. The summed E-state index contributed by atoms with van der Waals surface area (Å²) in [5.41, 5.74) is 4.37. The monoisotopic (exact) mass is 612 g/mol. The van der Waals surface area contributed by atoms with Crippen molar-refractivity contribution < 1.29 is 13.6 Å². The van der Waals surface area contributed by atoms with Gasteiger partial charge in [-0.25, -0.2) is 0 Å². The Kier molecular flexibility index (Phi) is 10.5. The van der Waals surface area contributed by atoms with Gasteiger partial charge in [0.05, 0.1) is 12.2 Å². The molecule has 0 aliphatic heterocycles. The molecule has 3 nitrogen and oxygen atoms in total. The Morgan fingerprint density at radius 3 is 2.07 bits per heavy atom. The van der Waals surface area contributed by atoms with Gasteiger partial charge in [0.1, 0.15) is 6.29 Å². The Labute approximate surface area is 261 Å². The third-order valence-corrected chi connectivity index (χ3v) is 21.2. The van der Waals surface area contributed by atoms with Crippen LogP contribution in [0.15, 0.2) is 47.6 Å². The Hall–Kier alpha value is -1.02. The molecule has 0 heterocycles. The second kappa shape index (κ2) is 12.4. The van der Waals surface area contributed by atoms with E-state index in [1.807, 2.05) is 0 Å². The van der Waals surface area contributed by atoms with Crippen LogP contribution in [0.3, 0.4) is 0 Å². The van der Waals surface area contributed by atoms with E-state index < -0.39 is 16.6 Å². The molecule has 238 valence electrons. The second-order valence-electron chi connectivity index (χ2n) is 17.6. The molecule has 3 rings (SSSR count). The lowest BCUT2D eigenvalue weighted by molar-refractivity contribution is -0.104. The average Bonchev–Trinajstić information content (AvgIpc) is 3.20. The maximum absolute atomic E-state index is 11.1. The van der Waals surface area contributed by atoms with Gasteiger partial charge in [0, 0.05) is 6.42 Å². The maximum atomic E-state index is 11.1. The molecule has 0 N–H and O–H groups in total. The fourth-order valence-electron chi connectivity index (χ4n) is 7.63. The van der Waals surface area contributed by atoms with Crippen LogP contribution in [-0.4, -0.2) is 35.1 Å². The number of allylic oxidation sites excluding steroid dienone is 5. The molecule has 3 aliphatic rings. The summed E-state index contributed by atoms with van der Waals surface area (Å²) in [7, 11) is -3.91. The van der Waals surface area contributed by atoms with Crippen LogP contribution in [-0.2, 0) is 13.6 Å². The van der Waals surface area contributed by atoms with Crippen molar-refractivity contribution in [2.45, 2.75) is 156 Å². The normalized spacial score (nSPS) is 32.2. The number of hydrogen-bond donors (Lipinski definition) is 0. The number of aldehydes is 1. The smallest absolute Gasteiger partial charge is 0.192 e. The van der Waals surface area contributed by atoms with Gasteiger partial charge in [0.25, 0.3) is 0 Å². The number of rotatable bonds is 8. The summed E-state index contributed by atoms with van der Waals surface area (Å²) in [6.07, 6.45) is 17.8. The summed E-state index contributed by atoms with van der Waals surface area (Å²) in [4.78, 5) is 11.1. The van der Waals surface area contributed by atoms with E-state index in [0.29, 0.717) is 11.8 Å². The van der Waals surface area contributed by atoms with E-state index in [1.54, 1.807) is 11.6 Å². The van der Waals surface area contributed by atoms with Gasteiger partial charge in [-0.15, -0.1) is 0 Å². The Balaban J connectivity index is 1.95. The van der Waals surface area contributed by atoms with E-state index in [2.05, 4.69) is 113 Å². The van der Waals surface area contributed by atoms with Crippen molar-refractivity contribution in [3.63, 3.8) is 0 Å². The SMILES string of the molecule is C=C1C(=CC=C2CCC[C@]3(C)[C@@H](C(C)(C)C=CC=O)CC[C@@H]23)C[C@@H](O[Si](C)(C)C(C)(C)C)C[C@@H]1O[Si](C)(C)C(C)(C)C. The zero-order chi connectivity index (χ0) is 31.9. The van der Waals surface area contributed by atoms with Crippen LogP contribution in [0, 0.1) is 22.7 Å². The van der Waals surface area contributed by atoms with Gasteiger partial charge in [-0.05, 0) is 115 Å². The lowest BCUT2D eigenvalue weighted by atomic mass is 9.57. The highest BCUT2D eigenvalue weighted by Crippen LogP contribution is 2.62. The van der Waals surface area contributed by atoms with Gasteiger partial charge in [-0.1, -0.05) is 92.7 Å². The first-order valence-corrected chi connectivity index (χ1v) is 22.4. The predicted molar refractivity (Wildman–Crippen MR) is 186 cm³/mol. The lowest BCUT2D eigenvalue weighted by Crippen LogP contribution is -2.49. The molecule has 42 heavy (non-hydrogen) atoms. The van der Waals surface area contributed by atoms with E-state index in [4.69, 9.17) is 8.85 Å². The van der Waals surface area contributed by atoms with Gasteiger partial charge in [0.2, 0.25) is 0 Å². The molecule has 3 fully saturated rings. The largest absolute Gasteiger partial charge is 0.413 e. The van der Waals surface area contributed by atoms with Crippen molar-refractivity contribution in [2.75, 3.05) is 0 Å². The van der Waals surface area contributed by atoms with Crippen LogP contribution < -0.4 is 0 Å². The van der Waals surface area contributed by atoms with Crippen molar-refractivity contribution in [3.05, 3.63) is 47.6 Å². The van der Waals surface area contributed by atoms with E-state index in [0.717, 1.165) is 24.7 Å². The number of carbonyl (C=O) groups excluding carboxylic acids is 1. The van der Waals surface area contributed by atoms with Crippen LogP contribution in [0.1, 0.15) is 107 Å². The quantitative estimate of drug-likeness (QED) is 0.155. The van der Waals surface area contributed by atoms with Gasteiger partial charge in [0.15, 0.2) is 16.6 Å². The fraction of sp³-hybridized carbons (Fsp3) is 0.757. The van der Waals surface area contributed by atoms with Crippen LogP contribution in [0.2, 0.25) is 36.3 Å². The second-order valence-corrected chi connectivity index (χ2v) is 27.1. The topological polar surface area (TPSA) is 35.5 Å².